The van der Waals surface area contributed by atoms with Gasteiger partial charge in [-0.15, -0.1) is 0 Å². The molecule has 4 saturated heterocycles. The van der Waals surface area contributed by atoms with Crippen LogP contribution in [0.4, 0.5) is 0 Å². The van der Waals surface area contributed by atoms with Crippen LogP contribution in [0, 0.1) is 0 Å². The Morgan fingerprint density at radius 1 is 0.321 bits per heavy atom. The number of rotatable bonds is 23. The molecule has 1 unspecified atom stereocenters. The van der Waals surface area contributed by atoms with Crippen LogP contribution >= 0.6 is 0 Å². The zero-order chi connectivity index (χ0) is 78.6. The summed E-state index contributed by atoms with van der Waals surface area (Å²) < 4.78 is 264. The number of aliphatic hydroxyl groups is 1. The van der Waals surface area contributed by atoms with E-state index in [1.807, 2.05) is 0 Å². The third-order valence-corrected chi connectivity index (χ3v) is 9.19. The van der Waals surface area contributed by atoms with Crippen molar-refractivity contribution in [2.75, 3.05) is 26.3 Å². The summed E-state index contributed by atoms with van der Waals surface area (Å²) in [4.78, 5) is 170. The first-order valence-electron chi connectivity index (χ1n) is 32.2. The fraction of sp³-hybridized carbons (Fsp3) is 0.740. The van der Waals surface area contributed by atoms with Gasteiger partial charge in [-0.2, -0.15) is 0 Å². The lowest BCUT2D eigenvalue weighted by molar-refractivity contribution is -0.380. The van der Waals surface area contributed by atoms with E-state index in [4.69, 9.17) is 94.9 Å². The number of hydrogen-bond donors (Lipinski definition) is 1. The summed E-state index contributed by atoms with van der Waals surface area (Å²) in [7, 11) is 0. The smallest absolute Gasteiger partial charge is 0.303 e. The molecule has 4 fully saturated rings. The van der Waals surface area contributed by atoms with E-state index in [1.54, 1.807) is 0 Å². The Balaban J connectivity index is 2.32. The van der Waals surface area contributed by atoms with Crippen LogP contribution in [0.1, 0.15) is 113 Å². The molecule has 0 saturated carbocycles. The Labute approximate surface area is 502 Å². The number of carbonyl (C=O) groups excluding carboxylic acids is 13. The standard InChI is InChI=1S/C50H68O34/c1-18(51)65-14-31-37(39(71-23(6)56)43(47(64)79-31)75-27(10)60)83-50-46(78-30(13)63)42(74-26(9)59)38(33(81-50)16-67-20(3)53)84-49-45(77-29(12)62)41(73-25(8)58)36(70-22(5)55)34(82-49)17-68-48-44(76-28(11)61)40(72-24(7)57)35(69-21(4)54)32(80-48)15-66-19(2)52/h31-50,64H,14-17H2,1-13H3/t31-,32-,33+,34+,35-,36+,37-,38+,39+,40+,41-,42-,43-,44-,45+,46+,47?,48+,49+,50+/m0/s1/i14D2,15D2,16D2,35D,36D,38D,39D,40D,41D,42D,43D,44D,45D,46D. The van der Waals surface area contributed by atoms with Crippen molar-refractivity contribution < 1.29 is 185 Å². The van der Waals surface area contributed by atoms with E-state index >= 15 is 0 Å². The maximum absolute atomic E-state index is 13.7. The predicted molar refractivity (Wildman–Crippen MR) is 258 cm³/mol. The third kappa shape index (κ3) is 20.5. The fourth-order valence-corrected chi connectivity index (χ4v) is 6.77. The number of hydrogen-bond acceptors (Lipinski definition) is 34. The molecule has 472 valence electrons. The summed E-state index contributed by atoms with van der Waals surface area (Å²) in [6.45, 7) is -9.22. The van der Waals surface area contributed by atoms with E-state index in [9.17, 15) is 81.1 Å². The van der Waals surface area contributed by atoms with Gasteiger partial charge in [0.15, 0.2) is 86.0 Å². The first kappa shape index (κ1) is 47.1. The molecular formula is C50H68O34. The first-order valence-corrected chi connectivity index (χ1v) is 23.7. The highest BCUT2D eigenvalue weighted by molar-refractivity contribution is 5.71. The van der Waals surface area contributed by atoms with Crippen LogP contribution in [-0.2, 0) is 157 Å². The molecule has 34 heteroatoms. The number of aliphatic hydroxyl groups excluding tert-OH is 1. The zero-order valence-corrected chi connectivity index (χ0v) is 46.3. The lowest BCUT2D eigenvalue weighted by Crippen LogP contribution is -2.69. The highest BCUT2D eigenvalue weighted by Gasteiger charge is 2.61. The van der Waals surface area contributed by atoms with Crippen LogP contribution in [0.5, 0.6) is 0 Å². The van der Waals surface area contributed by atoms with Gasteiger partial charge < -0.3 is 99.8 Å². The van der Waals surface area contributed by atoms with Gasteiger partial charge in [0.2, 0.25) is 0 Å². The average Bonchev–Trinajstić information content (AvgIpc) is 0.687. The van der Waals surface area contributed by atoms with E-state index < -0.39 is 226 Å². The lowest BCUT2D eigenvalue weighted by Gasteiger charge is -2.50. The SMILES string of the molecule is [2H]C([2H])(OC(C)=O)[C@@H]1OC(O)[C@@]([2H])(OC(C)=O)[C@]([2H])(OC(C)=O)[C@H]1O[C@H]1O[C@H](C([2H])([2H])OC(C)=O)[C@@]([2H])(O[C@H]2O[C@H](CO[C@@H]3O[C@@H](C([2H])([2H])OC(C)=O)[C@]([2H])(OC(C)=O)[C@@]([2H])(OC(C)=O)[C@]3([2H])OC(C)=O)[C@@]([2H])(OC(C)=O)[C@]([2H])(OC(C)=O)[C@@]2([2H])OC(C)=O)[C@]([2H])(OC(C)=O)[C@@]1([2H])OC(C)=O. The summed E-state index contributed by atoms with van der Waals surface area (Å²) >= 11 is 0. The monoisotopic (exact) mass is 1230 g/mol. The quantitative estimate of drug-likeness (QED) is 0.0828. The molecule has 1 N–H and O–H groups in total. The summed E-state index contributed by atoms with van der Waals surface area (Å²) in [5, 5.41) is 11.3. The maximum Gasteiger partial charge on any atom is 0.303 e. The lowest BCUT2D eigenvalue weighted by atomic mass is 9.95. The van der Waals surface area contributed by atoms with Gasteiger partial charge in [0, 0.05) is 90.0 Å². The molecule has 4 rings (SSSR count). The normalized spacial score (nSPS) is 45.8. The summed E-state index contributed by atoms with van der Waals surface area (Å²) in [5.41, 5.74) is 0. The second kappa shape index (κ2) is 31.6. The van der Waals surface area contributed by atoms with Gasteiger partial charge in [-0.25, -0.2) is 0 Å². The van der Waals surface area contributed by atoms with Crippen molar-refractivity contribution in [1.29, 1.82) is 0 Å². The number of carbonyl (C=O) groups is 13. The molecule has 0 aromatic heterocycles. The highest BCUT2D eigenvalue weighted by Crippen LogP contribution is 2.39. The molecule has 0 bridgehead atoms. The molecular weight excluding hydrogens is 1140 g/mol. The van der Waals surface area contributed by atoms with Crippen molar-refractivity contribution in [2.24, 2.45) is 0 Å². The van der Waals surface area contributed by atoms with Crippen molar-refractivity contribution >= 4 is 77.6 Å². The predicted octanol–water partition coefficient (Wildman–Crippen LogP) is -2.33. The Morgan fingerprint density at radius 2 is 0.607 bits per heavy atom. The number of esters is 13. The van der Waals surface area contributed by atoms with E-state index in [0.717, 1.165) is 0 Å². The molecule has 0 spiro atoms. The van der Waals surface area contributed by atoms with Crippen molar-refractivity contribution in [1.82, 2.24) is 0 Å². The third-order valence-electron chi connectivity index (χ3n) is 9.19. The van der Waals surface area contributed by atoms with Gasteiger partial charge in [-0.3, -0.25) is 62.3 Å². The molecule has 34 nitrogen and oxygen atoms in total. The van der Waals surface area contributed by atoms with Crippen molar-refractivity contribution in [3.8, 4) is 0 Å². The van der Waals surface area contributed by atoms with Crippen LogP contribution in [0.3, 0.4) is 0 Å². The molecule has 20 atom stereocenters. The van der Waals surface area contributed by atoms with E-state index in [1.165, 1.54) is 0 Å². The molecule has 84 heavy (non-hydrogen) atoms. The number of ether oxygens (including phenoxy) is 20. The maximum atomic E-state index is 13.7. The molecule has 4 aliphatic heterocycles. The van der Waals surface area contributed by atoms with Gasteiger partial charge in [-0.1, -0.05) is 0 Å². The van der Waals surface area contributed by atoms with Gasteiger partial charge in [-0.05, 0) is 0 Å². The molecule has 0 aliphatic carbocycles. The van der Waals surface area contributed by atoms with Crippen LogP contribution in [0.2, 0.25) is 0 Å². The molecule has 0 aromatic rings. The zero-order valence-electron chi connectivity index (χ0n) is 63.3. The Hall–Kier alpha value is -7.21. The van der Waals surface area contributed by atoms with Crippen LogP contribution < -0.4 is 0 Å². The summed E-state index contributed by atoms with van der Waals surface area (Å²) in [6, 6.07) is 0. The summed E-state index contributed by atoms with van der Waals surface area (Å²) in [5.74, 6) is -23.6. The van der Waals surface area contributed by atoms with E-state index in [0.29, 0.717) is 83.1 Å². The van der Waals surface area contributed by atoms with Crippen LogP contribution in [-0.4, -0.2) is 232 Å². The van der Waals surface area contributed by atoms with Gasteiger partial charge >= 0.3 is 77.6 Å². The minimum Gasteiger partial charge on any atom is -0.463 e. The van der Waals surface area contributed by atoms with Gasteiger partial charge in [0.05, 0.1) is 29.9 Å². The second-order valence-electron chi connectivity index (χ2n) is 16.5. The average molecular weight is 1230 g/mol. The summed E-state index contributed by atoms with van der Waals surface area (Å²) in [6.07, 6.45) is -81.5. The largest absolute Gasteiger partial charge is 0.463 e. The molecule has 0 aromatic carbocycles. The fourth-order valence-electron chi connectivity index (χ4n) is 6.77. The molecule has 0 radical (unpaired) electrons. The highest BCUT2D eigenvalue weighted by atomic mass is 16.8. The second-order valence-corrected chi connectivity index (χ2v) is 16.5. The van der Waals surface area contributed by atoms with Crippen LogP contribution in [0.15, 0.2) is 0 Å². The van der Waals surface area contributed by atoms with Crippen LogP contribution in [0.25, 0.3) is 0 Å². The van der Waals surface area contributed by atoms with E-state index in [2.05, 4.69) is 9.47 Å². The Bertz CT molecular complexity index is 3320. The Morgan fingerprint density at radius 3 is 1.01 bits per heavy atom. The molecule has 4 heterocycles. The van der Waals surface area contributed by atoms with Crippen molar-refractivity contribution in [3.63, 3.8) is 0 Å². The van der Waals surface area contributed by atoms with E-state index in [-0.39, 0.29) is 6.92 Å². The van der Waals surface area contributed by atoms with Gasteiger partial charge in [0.25, 0.3) is 0 Å². The minimum atomic E-state index is -5.00. The molecule has 0 amide bonds. The van der Waals surface area contributed by atoms with Crippen molar-refractivity contribution in [2.45, 2.75) is 213 Å². The van der Waals surface area contributed by atoms with Gasteiger partial charge in [0.1, 0.15) is 56.3 Å². The minimum absolute atomic E-state index is 0.276. The van der Waals surface area contributed by atoms with Crippen molar-refractivity contribution in [3.05, 3.63) is 0 Å². The molecule has 4 aliphatic rings. The first-order chi connectivity index (χ1) is 45.4. The Kier molecular flexibility index (Phi) is 17.7. The topological polar surface area (TPSA) is 427 Å².